The Balaban J connectivity index is -0.000000240. The fraction of sp³-hybridized carbons (Fsp3) is 1.00. The highest BCUT2D eigenvalue weighted by Crippen LogP contribution is 2.08. The molecule has 13 N–H and O–H groups in total. The van der Waals surface area contributed by atoms with Crippen molar-refractivity contribution in [3.63, 3.8) is 0 Å². The topological polar surface area (TPSA) is 191 Å². The summed E-state index contributed by atoms with van der Waals surface area (Å²) in [4.78, 5) is 0. The first-order chi connectivity index (χ1) is 9.61. The Kier molecular flexibility index (Phi) is 17.8. The molecule has 0 aromatic heterocycles. The van der Waals surface area contributed by atoms with E-state index in [1.54, 1.807) is 13.8 Å². The predicted octanol–water partition coefficient (Wildman–Crippen LogP) is -2.73. The molecule has 0 aromatic rings. The van der Waals surface area contributed by atoms with Gasteiger partial charge in [0.25, 0.3) is 0 Å². The summed E-state index contributed by atoms with van der Waals surface area (Å²) in [5, 5.41) is 25.2. The SMILES string of the molecule is CC(C)(N)CO.CCC(N)CO.NCC(CN)(CN)CO. The van der Waals surface area contributed by atoms with Crippen LogP contribution < -0.4 is 28.7 Å². The van der Waals surface area contributed by atoms with Crippen molar-refractivity contribution >= 4 is 0 Å². The molecule has 0 aromatic carbocycles. The zero-order chi connectivity index (χ0) is 17.5. The molecule has 0 saturated heterocycles. The molecule has 0 aliphatic carbocycles. The number of hydrogen-bond acceptors (Lipinski definition) is 8. The first kappa shape index (κ1) is 25.6. The summed E-state index contributed by atoms with van der Waals surface area (Å²) in [5.74, 6) is 0. The van der Waals surface area contributed by atoms with E-state index in [4.69, 9.17) is 44.0 Å². The zero-order valence-corrected chi connectivity index (χ0v) is 13.8. The molecule has 0 aliphatic heterocycles. The highest BCUT2D eigenvalue weighted by atomic mass is 16.3. The van der Waals surface area contributed by atoms with Gasteiger partial charge in [-0.15, -0.1) is 0 Å². The number of hydrogen-bond donors (Lipinski definition) is 8. The van der Waals surface area contributed by atoms with Gasteiger partial charge in [0, 0.05) is 36.6 Å². The second-order valence-electron chi connectivity index (χ2n) is 5.77. The van der Waals surface area contributed by atoms with E-state index in [-0.39, 0.29) is 25.9 Å². The first-order valence-corrected chi connectivity index (χ1v) is 7.09. The van der Waals surface area contributed by atoms with Crippen LogP contribution in [0.5, 0.6) is 0 Å². The molecule has 8 heteroatoms. The first-order valence-electron chi connectivity index (χ1n) is 7.09. The van der Waals surface area contributed by atoms with Crippen molar-refractivity contribution in [3.8, 4) is 0 Å². The molecular formula is C13H37N5O3. The normalized spacial score (nSPS) is 12.7. The van der Waals surface area contributed by atoms with E-state index in [1.165, 1.54) is 0 Å². The molecular weight excluding hydrogens is 274 g/mol. The molecule has 8 nitrogen and oxygen atoms in total. The molecule has 0 bridgehead atoms. The number of nitrogens with two attached hydrogens (primary N) is 5. The molecule has 0 saturated carbocycles. The second kappa shape index (κ2) is 14.6. The van der Waals surface area contributed by atoms with Crippen molar-refractivity contribution in [1.82, 2.24) is 0 Å². The smallest absolute Gasteiger partial charge is 0.0605 e. The number of aliphatic hydroxyl groups excluding tert-OH is 3. The third kappa shape index (κ3) is 17.6. The Morgan fingerprint density at radius 2 is 1.24 bits per heavy atom. The van der Waals surface area contributed by atoms with Crippen molar-refractivity contribution in [2.24, 2.45) is 34.1 Å². The minimum absolute atomic E-state index is 0.00926. The van der Waals surface area contributed by atoms with Crippen LogP contribution in [0.25, 0.3) is 0 Å². The second-order valence-corrected chi connectivity index (χ2v) is 5.77. The van der Waals surface area contributed by atoms with Crippen molar-refractivity contribution in [3.05, 3.63) is 0 Å². The van der Waals surface area contributed by atoms with Crippen LogP contribution in [0.3, 0.4) is 0 Å². The van der Waals surface area contributed by atoms with E-state index in [1.807, 2.05) is 6.92 Å². The lowest BCUT2D eigenvalue weighted by atomic mass is 9.90. The number of rotatable bonds is 7. The summed E-state index contributed by atoms with van der Waals surface area (Å²) in [7, 11) is 0. The van der Waals surface area contributed by atoms with E-state index in [0.29, 0.717) is 19.6 Å². The van der Waals surface area contributed by atoms with Crippen LogP contribution in [0.4, 0.5) is 0 Å². The molecule has 0 radical (unpaired) electrons. The standard InChI is InChI=1S/C5H15N3O.2C4H11NO/c6-1-5(2-7,3-8)4-9;1-4(2,5)3-6;1-2-4(5)3-6/h9H,1-4,6-8H2;6H,3,5H2,1-2H3;4,6H,2-3,5H2,1H3. The van der Waals surface area contributed by atoms with Crippen molar-refractivity contribution < 1.29 is 15.3 Å². The van der Waals surface area contributed by atoms with Gasteiger partial charge < -0.3 is 44.0 Å². The molecule has 132 valence electrons. The van der Waals surface area contributed by atoms with Crippen LogP contribution in [0, 0.1) is 5.41 Å². The average Bonchev–Trinajstić information content (AvgIpc) is 2.50. The molecule has 1 unspecified atom stereocenters. The van der Waals surface area contributed by atoms with Gasteiger partial charge in [0.05, 0.1) is 19.8 Å². The van der Waals surface area contributed by atoms with Crippen molar-refractivity contribution in [2.75, 3.05) is 39.5 Å². The quantitative estimate of drug-likeness (QED) is 0.248. The van der Waals surface area contributed by atoms with E-state index < -0.39 is 11.0 Å². The summed E-state index contributed by atoms with van der Waals surface area (Å²) in [6, 6.07) is -0.00926. The lowest BCUT2D eigenvalue weighted by Crippen LogP contribution is -2.46. The van der Waals surface area contributed by atoms with Crippen LogP contribution in [0.1, 0.15) is 27.2 Å². The van der Waals surface area contributed by atoms with Gasteiger partial charge in [-0.25, -0.2) is 0 Å². The average molecular weight is 311 g/mol. The maximum atomic E-state index is 8.74. The third-order valence-corrected chi connectivity index (χ3v) is 2.80. The summed E-state index contributed by atoms with van der Waals surface area (Å²) >= 11 is 0. The van der Waals surface area contributed by atoms with Gasteiger partial charge in [0.1, 0.15) is 0 Å². The Bertz CT molecular complexity index is 187. The summed E-state index contributed by atoms with van der Waals surface area (Å²) in [5.41, 5.74) is 25.6. The van der Waals surface area contributed by atoms with Crippen molar-refractivity contribution in [2.45, 2.75) is 38.8 Å². The highest BCUT2D eigenvalue weighted by Gasteiger charge is 2.23. The van der Waals surface area contributed by atoms with Crippen LogP contribution in [0.15, 0.2) is 0 Å². The molecule has 0 rings (SSSR count). The van der Waals surface area contributed by atoms with Crippen molar-refractivity contribution in [1.29, 1.82) is 0 Å². The van der Waals surface area contributed by atoms with Gasteiger partial charge >= 0.3 is 0 Å². The predicted molar refractivity (Wildman–Crippen MR) is 87.4 cm³/mol. The molecule has 21 heavy (non-hydrogen) atoms. The summed E-state index contributed by atoms with van der Waals surface area (Å²) in [6.07, 6.45) is 0.858. The Morgan fingerprint density at radius 1 is 0.905 bits per heavy atom. The van der Waals surface area contributed by atoms with Crippen LogP contribution in [-0.4, -0.2) is 66.4 Å². The van der Waals surface area contributed by atoms with Gasteiger partial charge in [-0.05, 0) is 20.3 Å². The van der Waals surface area contributed by atoms with E-state index in [2.05, 4.69) is 0 Å². The van der Waals surface area contributed by atoms with Gasteiger partial charge in [0.15, 0.2) is 0 Å². The maximum absolute atomic E-state index is 8.74. The van der Waals surface area contributed by atoms with Crippen LogP contribution in [0.2, 0.25) is 0 Å². The third-order valence-electron chi connectivity index (χ3n) is 2.80. The van der Waals surface area contributed by atoms with E-state index in [0.717, 1.165) is 6.42 Å². The molecule has 1 atom stereocenters. The molecule has 0 aliphatic rings. The van der Waals surface area contributed by atoms with Gasteiger partial charge in [-0.3, -0.25) is 0 Å². The molecule has 0 fully saturated rings. The molecule has 0 heterocycles. The minimum atomic E-state index is -0.444. The fourth-order valence-electron chi connectivity index (χ4n) is 0.573. The lowest BCUT2D eigenvalue weighted by molar-refractivity contribution is 0.146. The lowest BCUT2D eigenvalue weighted by Gasteiger charge is -2.26. The summed E-state index contributed by atoms with van der Waals surface area (Å²) in [6.45, 7) is 6.64. The molecule has 0 spiro atoms. The largest absolute Gasteiger partial charge is 0.396 e. The number of aliphatic hydroxyl groups is 3. The Labute approximate surface area is 128 Å². The van der Waals surface area contributed by atoms with Gasteiger partial charge in [-0.2, -0.15) is 0 Å². The van der Waals surface area contributed by atoms with E-state index in [9.17, 15) is 0 Å². The van der Waals surface area contributed by atoms with Gasteiger partial charge in [-0.1, -0.05) is 6.92 Å². The van der Waals surface area contributed by atoms with Crippen LogP contribution in [-0.2, 0) is 0 Å². The zero-order valence-electron chi connectivity index (χ0n) is 13.8. The monoisotopic (exact) mass is 311 g/mol. The van der Waals surface area contributed by atoms with E-state index >= 15 is 0 Å². The van der Waals surface area contributed by atoms with Gasteiger partial charge in [0.2, 0.25) is 0 Å². The fourth-order valence-corrected chi connectivity index (χ4v) is 0.573. The van der Waals surface area contributed by atoms with Crippen LogP contribution >= 0.6 is 0 Å². The minimum Gasteiger partial charge on any atom is -0.396 e. The Hall–Kier alpha value is -0.320. The highest BCUT2D eigenvalue weighted by molar-refractivity contribution is 4.81. The molecule has 0 amide bonds. The summed E-state index contributed by atoms with van der Waals surface area (Å²) < 4.78 is 0. The Morgan fingerprint density at radius 3 is 1.24 bits per heavy atom. The maximum Gasteiger partial charge on any atom is 0.0605 e.